The molecule has 0 aromatic rings. The van der Waals surface area contributed by atoms with Gasteiger partial charge in [-0.05, 0) is 12.8 Å². The fourth-order valence-corrected chi connectivity index (χ4v) is 6.61. The molecule has 0 aliphatic carbocycles. The Labute approximate surface area is 317 Å². The maximum absolute atomic E-state index is 12.4. The second-order valence-corrected chi connectivity index (χ2v) is 14.8. The molecule has 2 saturated heterocycles. The second kappa shape index (κ2) is 29.3. The normalized spacial score (nSPS) is 29.7. The van der Waals surface area contributed by atoms with Crippen molar-refractivity contribution >= 4 is 5.97 Å². The largest absolute Gasteiger partial charge is 0.457 e. The average Bonchev–Trinajstić information content (AvgIpc) is 3.15. The fraction of sp³-hybridized carbons (Fsp3) is 0.974. The molecule has 0 bridgehead atoms. The zero-order valence-electron chi connectivity index (χ0n) is 32.5. The summed E-state index contributed by atoms with van der Waals surface area (Å²) in [5.41, 5.74) is 0. The first-order valence-corrected chi connectivity index (χ1v) is 20.6. The van der Waals surface area contributed by atoms with Gasteiger partial charge in [-0.25, -0.2) is 0 Å². The first kappa shape index (κ1) is 48.1. The van der Waals surface area contributed by atoms with E-state index in [9.17, 15) is 40.5 Å². The lowest BCUT2D eigenvalue weighted by Gasteiger charge is -2.42. The summed E-state index contributed by atoms with van der Waals surface area (Å²) < 4.78 is 33.6. The van der Waals surface area contributed by atoms with E-state index in [4.69, 9.17) is 28.4 Å². The zero-order valence-corrected chi connectivity index (χ0v) is 32.5. The van der Waals surface area contributed by atoms with Crippen LogP contribution in [-0.2, 0) is 33.2 Å². The Morgan fingerprint density at radius 2 is 1.00 bits per heavy atom. The summed E-state index contributed by atoms with van der Waals surface area (Å²) in [6, 6.07) is 0. The number of aliphatic hydroxyl groups excluding tert-OH is 7. The van der Waals surface area contributed by atoms with Crippen molar-refractivity contribution in [3.63, 3.8) is 0 Å². The number of rotatable bonds is 31. The SMILES string of the molecule is CCCCCCCCCCCCCCCCCCCOCC(COC1OC(COC2OC(CO)C(O)C(O)C2O)C(O)C(O)C1O)OC(=O)CCCC. The summed E-state index contributed by atoms with van der Waals surface area (Å²) in [6.45, 7) is 3.43. The second-order valence-electron chi connectivity index (χ2n) is 14.8. The van der Waals surface area contributed by atoms with Crippen LogP contribution in [0.15, 0.2) is 0 Å². The number of unbranched alkanes of at least 4 members (excludes halogenated alkanes) is 17. The van der Waals surface area contributed by atoms with Crippen molar-refractivity contribution in [3.05, 3.63) is 0 Å². The molecule has 0 amide bonds. The van der Waals surface area contributed by atoms with Gasteiger partial charge in [-0.1, -0.05) is 123 Å². The summed E-state index contributed by atoms with van der Waals surface area (Å²) in [5, 5.41) is 71.3. The van der Waals surface area contributed by atoms with Gasteiger partial charge in [0.2, 0.25) is 0 Å². The van der Waals surface area contributed by atoms with E-state index >= 15 is 0 Å². The molecule has 0 spiro atoms. The fourth-order valence-electron chi connectivity index (χ4n) is 6.61. The van der Waals surface area contributed by atoms with Crippen molar-refractivity contribution in [1.82, 2.24) is 0 Å². The molecule has 2 rings (SSSR count). The number of hydrogen-bond acceptors (Lipinski definition) is 14. The number of hydrogen-bond donors (Lipinski definition) is 7. The summed E-state index contributed by atoms with van der Waals surface area (Å²) >= 11 is 0. The van der Waals surface area contributed by atoms with Gasteiger partial charge in [0, 0.05) is 13.0 Å². The Morgan fingerprint density at radius 3 is 1.51 bits per heavy atom. The van der Waals surface area contributed by atoms with Crippen LogP contribution in [0.5, 0.6) is 0 Å². The number of carbonyl (C=O) groups excluding carboxylic acids is 1. The monoisotopic (exact) mass is 767 g/mol. The van der Waals surface area contributed by atoms with Crippen LogP contribution in [0.2, 0.25) is 0 Å². The Morgan fingerprint density at radius 1 is 0.547 bits per heavy atom. The van der Waals surface area contributed by atoms with E-state index in [1.54, 1.807) is 0 Å². The standard InChI is InChI=1S/C39H74O14/c1-3-5-7-8-9-10-11-12-13-14-15-16-17-18-19-20-21-23-48-25-28(51-31(41)22-6-4-2)26-49-38-37(47)35(45)33(43)30(53-38)27-50-39-36(46)34(44)32(42)29(24-40)52-39/h28-30,32-40,42-47H,3-27H2,1-2H3. The van der Waals surface area contributed by atoms with Crippen molar-refractivity contribution < 1.29 is 69.0 Å². The van der Waals surface area contributed by atoms with Crippen LogP contribution < -0.4 is 0 Å². The molecule has 2 aliphatic heterocycles. The molecule has 2 heterocycles. The Hall–Kier alpha value is -1.01. The lowest BCUT2D eigenvalue weighted by molar-refractivity contribution is -0.332. The number of ether oxygens (including phenoxy) is 6. The van der Waals surface area contributed by atoms with Crippen LogP contribution in [0.4, 0.5) is 0 Å². The molecule has 11 atom stereocenters. The van der Waals surface area contributed by atoms with Crippen LogP contribution in [-0.4, -0.2) is 142 Å². The third-order valence-corrected chi connectivity index (χ3v) is 10.1. The molecule has 0 saturated carbocycles. The van der Waals surface area contributed by atoms with E-state index in [0.29, 0.717) is 13.0 Å². The minimum absolute atomic E-state index is 0.0639. The molecular weight excluding hydrogens is 692 g/mol. The molecule has 314 valence electrons. The van der Waals surface area contributed by atoms with Gasteiger partial charge in [0.25, 0.3) is 0 Å². The van der Waals surface area contributed by atoms with Gasteiger partial charge in [0.15, 0.2) is 12.6 Å². The van der Waals surface area contributed by atoms with Crippen LogP contribution >= 0.6 is 0 Å². The van der Waals surface area contributed by atoms with Crippen molar-refractivity contribution in [2.24, 2.45) is 0 Å². The number of carbonyl (C=O) groups is 1. The molecule has 0 aromatic heterocycles. The van der Waals surface area contributed by atoms with Gasteiger partial charge in [-0.2, -0.15) is 0 Å². The van der Waals surface area contributed by atoms with Crippen LogP contribution in [0.3, 0.4) is 0 Å². The molecule has 53 heavy (non-hydrogen) atoms. The van der Waals surface area contributed by atoms with E-state index in [0.717, 1.165) is 25.7 Å². The molecule has 0 radical (unpaired) electrons. The topological polar surface area (TPSA) is 214 Å². The van der Waals surface area contributed by atoms with Gasteiger partial charge < -0.3 is 64.2 Å². The van der Waals surface area contributed by atoms with Crippen LogP contribution in [0.25, 0.3) is 0 Å². The molecule has 14 heteroatoms. The summed E-state index contributed by atoms with van der Waals surface area (Å²) in [6.07, 6.45) is 7.46. The van der Waals surface area contributed by atoms with Gasteiger partial charge in [-0.3, -0.25) is 4.79 Å². The Balaban J connectivity index is 1.68. The van der Waals surface area contributed by atoms with E-state index in [-0.39, 0.29) is 19.6 Å². The summed E-state index contributed by atoms with van der Waals surface area (Å²) in [5.74, 6) is -0.409. The molecule has 14 nitrogen and oxygen atoms in total. The minimum Gasteiger partial charge on any atom is -0.457 e. The first-order valence-electron chi connectivity index (χ1n) is 20.6. The van der Waals surface area contributed by atoms with Crippen LogP contribution in [0.1, 0.15) is 142 Å². The van der Waals surface area contributed by atoms with Crippen molar-refractivity contribution in [2.75, 3.05) is 33.0 Å². The molecule has 11 unspecified atom stereocenters. The third kappa shape index (κ3) is 19.1. The maximum Gasteiger partial charge on any atom is 0.306 e. The molecule has 7 N–H and O–H groups in total. The van der Waals surface area contributed by atoms with E-state index in [1.165, 1.54) is 89.9 Å². The highest BCUT2D eigenvalue weighted by Crippen LogP contribution is 2.26. The predicted octanol–water partition coefficient (Wildman–Crippen LogP) is 3.40. The lowest BCUT2D eigenvalue weighted by atomic mass is 9.98. The highest BCUT2D eigenvalue weighted by Gasteiger charge is 2.47. The molecular formula is C39H74O14. The van der Waals surface area contributed by atoms with E-state index < -0.39 is 86.7 Å². The third-order valence-electron chi connectivity index (χ3n) is 10.1. The highest BCUT2D eigenvalue weighted by atomic mass is 16.7. The van der Waals surface area contributed by atoms with Gasteiger partial charge in [0.1, 0.15) is 54.9 Å². The van der Waals surface area contributed by atoms with E-state index in [2.05, 4.69) is 6.92 Å². The Kier molecular flexibility index (Phi) is 26.6. The summed E-state index contributed by atoms with van der Waals surface area (Å²) in [7, 11) is 0. The van der Waals surface area contributed by atoms with Crippen LogP contribution in [0, 0.1) is 0 Å². The number of esters is 1. The van der Waals surface area contributed by atoms with Gasteiger partial charge in [0.05, 0.1) is 26.4 Å². The zero-order chi connectivity index (χ0) is 38.8. The quantitative estimate of drug-likeness (QED) is 0.0398. The van der Waals surface area contributed by atoms with E-state index in [1.807, 2.05) is 6.92 Å². The maximum atomic E-state index is 12.4. The predicted molar refractivity (Wildman–Crippen MR) is 197 cm³/mol. The first-order chi connectivity index (χ1) is 25.6. The minimum atomic E-state index is -1.70. The average molecular weight is 767 g/mol. The number of aliphatic hydroxyl groups is 7. The Bertz CT molecular complexity index is 896. The van der Waals surface area contributed by atoms with Gasteiger partial charge in [-0.15, -0.1) is 0 Å². The summed E-state index contributed by atoms with van der Waals surface area (Å²) in [4.78, 5) is 12.4. The van der Waals surface area contributed by atoms with Crippen molar-refractivity contribution in [2.45, 2.75) is 210 Å². The molecule has 2 fully saturated rings. The van der Waals surface area contributed by atoms with Crippen molar-refractivity contribution in [3.8, 4) is 0 Å². The van der Waals surface area contributed by atoms with Crippen molar-refractivity contribution in [1.29, 1.82) is 0 Å². The smallest absolute Gasteiger partial charge is 0.306 e. The molecule has 2 aliphatic rings. The molecule has 0 aromatic carbocycles. The van der Waals surface area contributed by atoms with Gasteiger partial charge >= 0.3 is 5.97 Å². The lowest BCUT2D eigenvalue weighted by Crippen LogP contribution is -2.61. The highest BCUT2D eigenvalue weighted by molar-refractivity contribution is 5.69.